The molecule has 0 radical (unpaired) electrons. The normalized spacial score (nSPS) is 13.1. The van der Waals surface area contributed by atoms with Gasteiger partial charge in [-0.15, -0.1) is 0 Å². The van der Waals surface area contributed by atoms with Gasteiger partial charge in [-0.25, -0.2) is 0 Å². The minimum atomic E-state index is -2.89. The molecule has 3 nitrogen and oxygen atoms in total. The Morgan fingerprint density at radius 1 is 1.35 bits per heavy atom. The maximum atomic E-state index is 12.3. The van der Waals surface area contributed by atoms with Crippen molar-refractivity contribution in [3.05, 3.63) is 29.8 Å². The first-order chi connectivity index (χ1) is 8.04. The molecule has 2 N–H and O–H groups in total. The summed E-state index contributed by atoms with van der Waals surface area (Å²) in [4.78, 5) is 0. The van der Waals surface area contributed by atoms with Gasteiger partial charge in [0.2, 0.25) is 0 Å². The van der Waals surface area contributed by atoms with Gasteiger partial charge in [-0.3, -0.25) is 0 Å². The standard InChI is InChI=1S/C12H15F2NO2/c1-8(15)6-7-9-4-3-5-10(16-2)11(9)17-12(13)14/h3-8,12H,15H2,1-2H3/b7-6+. The number of hydrogen-bond acceptors (Lipinski definition) is 3. The second-order valence-corrected chi connectivity index (χ2v) is 3.48. The molecule has 0 saturated carbocycles. The zero-order valence-electron chi connectivity index (χ0n) is 9.69. The van der Waals surface area contributed by atoms with Crippen molar-refractivity contribution >= 4 is 6.08 Å². The van der Waals surface area contributed by atoms with Crippen molar-refractivity contribution < 1.29 is 18.3 Å². The van der Waals surface area contributed by atoms with Gasteiger partial charge in [-0.1, -0.05) is 24.3 Å². The second kappa shape index (κ2) is 6.20. The van der Waals surface area contributed by atoms with Gasteiger partial charge in [0.1, 0.15) is 0 Å². The minimum absolute atomic E-state index is 0.0156. The summed E-state index contributed by atoms with van der Waals surface area (Å²) in [6, 6.07) is 4.73. The fraction of sp³-hybridized carbons (Fsp3) is 0.333. The van der Waals surface area contributed by atoms with Crippen LogP contribution < -0.4 is 15.2 Å². The fourth-order valence-electron chi connectivity index (χ4n) is 1.30. The predicted molar refractivity (Wildman–Crippen MR) is 62.3 cm³/mol. The lowest BCUT2D eigenvalue weighted by Crippen LogP contribution is -2.10. The Labute approximate surface area is 98.8 Å². The highest BCUT2D eigenvalue weighted by molar-refractivity contribution is 5.62. The van der Waals surface area contributed by atoms with Crippen molar-refractivity contribution in [2.24, 2.45) is 5.73 Å². The molecule has 1 aromatic rings. The van der Waals surface area contributed by atoms with Crippen LogP contribution in [0.25, 0.3) is 6.08 Å². The number of rotatable bonds is 5. The predicted octanol–water partition coefficient (Wildman–Crippen LogP) is 2.66. The monoisotopic (exact) mass is 243 g/mol. The molecule has 1 unspecified atom stereocenters. The smallest absolute Gasteiger partial charge is 0.387 e. The maximum Gasteiger partial charge on any atom is 0.387 e. The molecule has 0 aliphatic rings. The van der Waals surface area contributed by atoms with Gasteiger partial charge < -0.3 is 15.2 Å². The summed E-state index contributed by atoms with van der Waals surface area (Å²) in [5.41, 5.74) is 6.06. The van der Waals surface area contributed by atoms with Gasteiger partial charge in [-0.2, -0.15) is 8.78 Å². The molecular formula is C12H15F2NO2. The summed E-state index contributed by atoms with van der Waals surface area (Å²) in [6.07, 6.45) is 3.32. The number of nitrogens with two attached hydrogens (primary N) is 1. The molecule has 0 bridgehead atoms. The molecule has 17 heavy (non-hydrogen) atoms. The molecular weight excluding hydrogens is 228 g/mol. The number of ether oxygens (including phenoxy) is 2. The Bertz CT molecular complexity index is 392. The van der Waals surface area contributed by atoms with Gasteiger partial charge in [-0.05, 0) is 13.0 Å². The first kappa shape index (κ1) is 13.4. The summed E-state index contributed by atoms with van der Waals surface area (Å²) in [5.74, 6) is 0.277. The molecule has 0 amide bonds. The lowest BCUT2D eigenvalue weighted by atomic mass is 10.1. The molecule has 0 aromatic heterocycles. The SMILES string of the molecule is COc1cccc(/C=C/C(C)N)c1OC(F)F. The van der Waals surface area contributed by atoms with Crippen molar-refractivity contribution in [3.63, 3.8) is 0 Å². The Balaban J connectivity index is 3.09. The highest BCUT2D eigenvalue weighted by Gasteiger charge is 2.13. The van der Waals surface area contributed by atoms with Crippen LogP contribution in [-0.2, 0) is 0 Å². The number of halogens is 2. The molecule has 1 aromatic carbocycles. The number of hydrogen-bond donors (Lipinski definition) is 1. The van der Waals surface area contributed by atoms with Crippen LogP contribution in [0.5, 0.6) is 11.5 Å². The van der Waals surface area contributed by atoms with Crippen molar-refractivity contribution in [2.75, 3.05) is 7.11 Å². The highest BCUT2D eigenvalue weighted by Crippen LogP contribution is 2.33. The van der Waals surface area contributed by atoms with E-state index >= 15 is 0 Å². The number of benzene rings is 1. The number of para-hydroxylation sites is 1. The first-order valence-electron chi connectivity index (χ1n) is 5.10. The van der Waals surface area contributed by atoms with Crippen LogP contribution in [0.4, 0.5) is 8.78 Å². The average Bonchev–Trinajstić information content (AvgIpc) is 2.26. The summed E-state index contributed by atoms with van der Waals surface area (Å²) in [6.45, 7) is -1.11. The molecule has 1 atom stereocenters. The largest absolute Gasteiger partial charge is 0.493 e. The van der Waals surface area contributed by atoms with Gasteiger partial charge >= 0.3 is 6.61 Å². The van der Waals surface area contributed by atoms with E-state index in [2.05, 4.69) is 4.74 Å². The van der Waals surface area contributed by atoms with Gasteiger partial charge in [0.15, 0.2) is 11.5 Å². The highest BCUT2D eigenvalue weighted by atomic mass is 19.3. The third-order valence-electron chi connectivity index (χ3n) is 2.02. The van der Waals surface area contributed by atoms with Gasteiger partial charge in [0, 0.05) is 11.6 Å². The lowest BCUT2D eigenvalue weighted by Gasteiger charge is -2.12. The Morgan fingerprint density at radius 2 is 2.06 bits per heavy atom. The quantitative estimate of drug-likeness (QED) is 0.864. The van der Waals surface area contributed by atoms with E-state index in [1.165, 1.54) is 7.11 Å². The van der Waals surface area contributed by atoms with Crippen LogP contribution in [0.15, 0.2) is 24.3 Å². The van der Waals surface area contributed by atoms with Crippen LogP contribution in [0, 0.1) is 0 Å². The van der Waals surface area contributed by atoms with Crippen molar-refractivity contribution in [1.29, 1.82) is 0 Å². The van der Waals surface area contributed by atoms with E-state index in [4.69, 9.17) is 10.5 Å². The summed E-state index contributed by atoms with van der Waals surface area (Å²) < 4.78 is 34.0. The summed E-state index contributed by atoms with van der Waals surface area (Å²) in [5, 5.41) is 0. The third-order valence-corrected chi connectivity index (χ3v) is 2.02. The van der Waals surface area contributed by atoms with Crippen molar-refractivity contribution in [1.82, 2.24) is 0 Å². The van der Waals surface area contributed by atoms with E-state index in [9.17, 15) is 8.78 Å². The number of methoxy groups -OCH3 is 1. The molecule has 1 rings (SSSR count). The Kier molecular flexibility index (Phi) is 4.90. The van der Waals surface area contributed by atoms with Gasteiger partial charge in [0.25, 0.3) is 0 Å². The van der Waals surface area contributed by atoms with E-state index in [-0.39, 0.29) is 17.5 Å². The maximum absolute atomic E-state index is 12.3. The average molecular weight is 243 g/mol. The fourth-order valence-corrected chi connectivity index (χ4v) is 1.30. The summed E-state index contributed by atoms with van der Waals surface area (Å²) in [7, 11) is 1.40. The Morgan fingerprint density at radius 3 is 2.59 bits per heavy atom. The molecule has 94 valence electrons. The lowest BCUT2D eigenvalue weighted by molar-refractivity contribution is -0.0513. The van der Waals surface area contributed by atoms with E-state index in [1.807, 2.05) is 0 Å². The topological polar surface area (TPSA) is 44.5 Å². The van der Waals surface area contributed by atoms with E-state index in [0.29, 0.717) is 5.56 Å². The Hall–Kier alpha value is -1.62. The zero-order chi connectivity index (χ0) is 12.8. The molecule has 5 heteroatoms. The third kappa shape index (κ3) is 4.03. The van der Waals surface area contributed by atoms with Crippen LogP contribution >= 0.6 is 0 Å². The van der Waals surface area contributed by atoms with Crippen molar-refractivity contribution in [3.8, 4) is 11.5 Å². The molecule has 0 fully saturated rings. The first-order valence-corrected chi connectivity index (χ1v) is 5.10. The van der Waals surface area contributed by atoms with Crippen LogP contribution in [0.1, 0.15) is 12.5 Å². The summed E-state index contributed by atoms with van der Waals surface area (Å²) >= 11 is 0. The second-order valence-electron chi connectivity index (χ2n) is 3.48. The molecule has 0 aliphatic heterocycles. The molecule has 0 spiro atoms. The van der Waals surface area contributed by atoms with E-state index < -0.39 is 6.61 Å². The number of alkyl halides is 2. The van der Waals surface area contributed by atoms with Gasteiger partial charge in [0.05, 0.1) is 7.11 Å². The molecule has 0 aliphatic carbocycles. The zero-order valence-corrected chi connectivity index (χ0v) is 9.69. The van der Waals surface area contributed by atoms with Crippen LogP contribution in [0.2, 0.25) is 0 Å². The molecule has 0 saturated heterocycles. The van der Waals surface area contributed by atoms with Crippen LogP contribution in [-0.4, -0.2) is 19.8 Å². The van der Waals surface area contributed by atoms with E-state index in [1.54, 1.807) is 37.3 Å². The van der Waals surface area contributed by atoms with Crippen molar-refractivity contribution in [2.45, 2.75) is 19.6 Å². The minimum Gasteiger partial charge on any atom is -0.493 e. The van der Waals surface area contributed by atoms with E-state index in [0.717, 1.165) is 0 Å². The van der Waals surface area contributed by atoms with Crippen LogP contribution in [0.3, 0.4) is 0 Å². The molecule has 0 heterocycles.